The molecule has 0 saturated carbocycles. The second kappa shape index (κ2) is 9.82. The van der Waals surface area contributed by atoms with Crippen molar-refractivity contribution in [2.75, 3.05) is 25.6 Å². The number of rotatable bonds is 8. The van der Waals surface area contributed by atoms with Gasteiger partial charge in [0.1, 0.15) is 0 Å². The normalized spacial score (nSPS) is 10.1. The number of anilines is 1. The molecule has 0 bridgehead atoms. The molecule has 2 aromatic rings. The molecule has 138 valence electrons. The van der Waals surface area contributed by atoms with Crippen molar-refractivity contribution >= 4 is 33.5 Å². The van der Waals surface area contributed by atoms with E-state index in [1.54, 1.807) is 25.3 Å². The fraction of sp³-hybridized carbons (Fsp3) is 0.263. The first-order valence-corrected chi connectivity index (χ1v) is 8.76. The molecule has 0 atom stereocenters. The summed E-state index contributed by atoms with van der Waals surface area (Å²) in [5.74, 6) is 0.226. The Bertz CT molecular complexity index is 778. The average molecular weight is 422 g/mol. The van der Waals surface area contributed by atoms with Gasteiger partial charge in [0, 0.05) is 10.2 Å². The molecule has 1 amide bonds. The third-order valence-corrected chi connectivity index (χ3v) is 4.33. The molecule has 6 nitrogen and oxygen atoms in total. The van der Waals surface area contributed by atoms with Gasteiger partial charge in [0.25, 0.3) is 5.91 Å². The highest BCUT2D eigenvalue weighted by Gasteiger charge is 2.10. The van der Waals surface area contributed by atoms with Gasteiger partial charge in [-0.2, -0.15) is 0 Å². The minimum Gasteiger partial charge on any atom is -0.493 e. The molecule has 7 heteroatoms. The predicted octanol–water partition coefficient (Wildman–Crippen LogP) is 3.72. The Morgan fingerprint density at radius 2 is 1.85 bits per heavy atom. The Morgan fingerprint density at radius 3 is 2.54 bits per heavy atom. The number of nitrogens with one attached hydrogen (secondary N) is 1. The van der Waals surface area contributed by atoms with Crippen molar-refractivity contribution in [2.45, 2.75) is 13.3 Å². The average Bonchev–Trinajstić information content (AvgIpc) is 2.63. The number of aryl methyl sites for hydroxylation is 1. The molecule has 0 fully saturated rings. The van der Waals surface area contributed by atoms with E-state index in [0.717, 1.165) is 10.0 Å². The summed E-state index contributed by atoms with van der Waals surface area (Å²) < 4.78 is 16.6. The van der Waals surface area contributed by atoms with Gasteiger partial charge in [-0.05, 0) is 42.8 Å². The van der Waals surface area contributed by atoms with Crippen LogP contribution >= 0.6 is 15.9 Å². The first-order chi connectivity index (χ1) is 12.5. The van der Waals surface area contributed by atoms with E-state index in [1.165, 1.54) is 0 Å². The van der Waals surface area contributed by atoms with Crippen LogP contribution in [0.4, 0.5) is 5.69 Å². The number of carbonyl (C=O) groups is 2. The van der Waals surface area contributed by atoms with Crippen molar-refractivity contribution in [1.29, 1.82) is 0 Å². The van der Waals surface area contributed by atoms with E-state index < -0.39 is 11.9 Å². The summed E-state index contributed by atoms with van der Waals surface area (Å²) in [6, 6.07) is 12.6. The minimum atomic E-state index is -0.512. The van der Waals surface area contributed by atoms with Crippen LogP contribution in [-0.2, 0) is 14.3 Å². The summed E-state index contributed by atoms with van der Waals surface area (Å²) in [6.45, 7) is 1.71. The van der Waals surface area contributed by atoms with Crippen LogP contribution in [0.3, 0.4) is 0 Å². The maximum absolute atomic E-state index is 11.8. The van der Waals surface area contributed by atoms with Gasteiger partial charge < -0.3 is 19.5 Å². The lowest BCUT2D eigenvalue weighted by Gasteiger charge is -2.10. The molecule has 0 spiro atoms. The molecule has 0 aliphatic rings. The Hall–Kier alpha value is -2.54. The van der Waals surface area contributed by atoms with Gasteiger partial charge in [-0.3, -0.25) is 9.59 Å². The fourth-order valence-electron chi connectivity index (χ4n) is 2.12. The first-order valence-electron chi connectivity index (χ1n) is 7.97. The summed E-state index contributed by atoms with van der Waals surface area (Å²) >= 11 is 3.39. The summed E-state index contributed by atoms with van der Waals surface area (Å²) in [5, 5.41) is 2.68. The summed E-state index contributed by atoms with van der Waals surface area (Å²) in [6.07, 6.45) is 0.0305. The Balaban J connectivity index is 1.71. The number of hydrogen-bond donors (Lipinski definition) is 1. The predicted molar refractivity (Wildman–Crippen MR) is 102 cm³/mol. The maximum Gasteiger partial charge on any atom is 0.309 e. The minimum absolute atomic E-state index is 0.0305. The van der Waals surface area contributed by atoms with E-state index in [4.69, 9.17) is 14.2 Å². The zero-order chi connectivity index (χ0) is 18.9. The van der Waals surface area contributed by atoms with E-state index >= 15 is 0 Å². The number of esters is 1. The monoisotopic (exact) mass is 421 g/mol. The number of hydrogen-bond acceptors (Lipinski definition) is 5. The molecule has 0 unspecified atom stereocenters. The van der Waals surface area contributed by atoms with Crippen LogP contribution in [0, 0.1) is 6.92 Å². The van der Waals surface area contributed by atoms with Crippen molar-refractivity contribution in [3.05, 3.63) is 52.5 Å². The SMILES string of the molecule is COc1ccccc1OCCC(=O)OCC(=O)Nc1ccc(Br)c(C)c1. The number of methoxy groups -OCH3 is 1. The van der Waals surface area contributed by atoms with Gasteiger partial charge >= 0.3 is 5.97 Å². The smallest absolute Gasteiger partial charge is 0.309 e. The molecule has 2 rings (SSSR count). The van der Waals surface area contributed by atoms with Crippen molar-refractivity contribution < 1.29 is 23.8 Å². The lowest BCUT2D eigenvalue weighted by Crippen LogP contribution is -2.21. The second-order valence-corrected chi connectivity index (χ2v) is 6.28. The highest BCUT2D eigenvalue weighted by Crippen LogP contribution is 2.25. The van der Waals surface area contributed by atoms with E-state index in [0.29, 0.717) is 17.2 Å². The van der Waals surface area contributed by atoms with Crippen LogP contribution in [-0.4, -0.2) is 32.2 Å². The van der Waals surface area contributed by atoms with Crippen molar-refractivity contribution in [1.82, 2.24) is 0 Å². The quantitative estimate of drug-likeness (QED) is 0.657. The third-order valence-electron chi connectivity index (χ3n) is 3.44. The molecule has 0 aliphatic heterocycles. The van der Waals surface area contributed by atoms with Gasteiger partial charge in [0.05, 0.1) is 20.1 Å². The summed E-state index contributed by atoms with van der Waals surface area (Å²) in [4.78, 5) is 23.6. The number of benzene rings is 2. The lowest BCUT2D eigenvalue weighted by molar-refractivity contribution is -0.147. The van der Waals surface area contributed by atoms with Crippen LogP contribution in [0.1, 0.15) is 12.0 Å². The van der Waals surface area contributed by atoms with Crippen LogP contribution < -0.4 is 14.8 Å². The van der Waals surface area contributed by atoms with Gasteiger partial charge in [0.2, 0.25) is 0 Å². The number of para-hydroxylation sites is 2. The molecule has 0 radical (unpaired) electrons. The number of halogens is 1. The number of ether oxygens (including phenoxy) is 3. The zero-order valence-electron chi connectivity index (χ0n) is 14.6. The Kier molecular flexibility index (Phi) is 7.47. The maximum atomic E-state index is 11.8. The van der Waals surface area contributed by atoms with Gasteiger partial charge in [-0.25, -0.2) is 0 Å². The lowest BCUT2D eigenvalue weighted by atomic mass is 10.2. The molecular weight excluding hydrogens is 402 g/mol. The molecule has 0 aromatic heterocycles. The van der Waals surface area contributed by atoms with E-state index in [2.05, 4.69) is 21.2 Å². The fourth-order valence-corrected chi connectivity index (χ4v) is 2.37. The van der Waals surface area contributed by atoms with Gasteiger partial charge in [-0.1, -0.05) is 28.1 Å². The van der Waals surface area contributed by atoms with Crippen molar-refractivity contribution in [3.8, 4) is 11.5 Å². The highest BCUT2D eigenvalue weighted by molar-refractivity contribution is 9.10. The van der Waals surface area contributed by atoms with E-state index in [1.807, 2.05) is 31.2 Å². The largest absolute Gasteiger partial charge is 0.493 e. The van der Waals surface area contributed by atoms with E-state index in [9.17, 15) is 9.59 Å². The molecular formula is C19H20BrNO5. The van der Waals surface area contributed by atoms with Crippen LogP contribution in [0.25, 0.3) is 0 Å². The molecule has 0 saturated heterocycles. The molecule has 2 aromatic carbocycles. The second-order valence-electron chi connectivity index (χ2n) is 5.42. The molecule has 26 heavy (non-hydrogen) atoms. The summed E-state index contributed by atoms with van der Waals surface area (Å²) in [7, 11) is 1.54. The van der Waals surface area contributed by atoms with Crippen LogP contribution in [0.5, 0.6) is 11.5 Å². The van der Waals surface area contributed by atoms with E-state index in [-0.39, 0.29) is 19.6 Å². The van der Waals surface area contributed by atoms with Gasteiger partial charge in [0.15, 0.2) is 18.1 Å². The Labute approximate surface area is 160 Å². The van der Waals surface area contributed by atoms with Gasteiger partial charge in [-0.15, -0.1) is 0 Å². The molecule has 0 aliphatic carbocycles. The standard InChI is InChI=1S/C19H20BrNO5/c1-13-11-14(7-8-15(13)20)21-18(22)12-26-19(23)9-10-25-17-6-4-3-5-16(17)24-2/h3-8,11H,9-10,12H2,1-2H3,(H,21,22). The van der Waals surface area contributed by atoms with Crippen LogP contribution in [0.15, 0.2) is 46.9 Å². The Morgan fingerprint density at radius 1 is 1.12 bits per heavy atom. The number of amides is 1. The highest BCUT2D eigenvalue weighted by atomic mass is 79.9. The number of carbonyl (C=O) groups excluding carboxylic acids is 2. The molecule has 0 heterocycles. The summed E-state index contributed by atoms with van der Waals surface area (Å²) in [5.41, 5.74) is 1.64. The third kappa shape index (κ3) is 6.07. The van der Waals surface area contributed by atoms with Crippen molar-refractivity contribution in [2.24, 2.45) is 0 Å². The topological polar surface area (TPSA) is 73.9 Å². The zero-order valence-corrected chi connectivity index (χ0v) is 16.2. The first kappa shape index (κ1) is 19.8. The molecule has 1 N–H and O–H groups in total. The van der Waals surface area contributed by atoms with Crippen LogP contribution in [0.2, 0.25) is 0 Å². The van der Waals surface area contributed by atoms with Crippen molar-refractivity contribution in [3.63, 3.8) is 0 Å².